The Kier molecular flexibility index (Phi) is 3.24. The van der Waals surface area contributed by atoms with Crippen LogP contribution in [-0.2, 0) is 4.84 Å². The summed E-state index contributed by atoms with van der Waals surface area (Å²) in [5, 5.41) is 7.16. The zero-order valence-corrected chi connectivity index (χ0v) is 8.54. The Morgan fingerprint density at radius 3 is 2.79 bits per heavy atom. The van der Waals surface area contributed by atoms with Gasteiger partial charge in [-0.05, 0) is 18.8 Å². The lowest BCUT2D eigenvalue weighted by Gasteiger charge is -2.28. The summed E-state index contributed by atoms with van der Waals surface area (Å²) < 4.78 is 0. The van der Waals surface area contributed by atoms with Crippen molar-refractivity contribution in [3.05, 3.63) is 0 Å². The van der Waals surface area contributed by atoms with E-state index in [9.17, 15) is 0 Å². The third kappa shape index (κ3) is 2.00. The lowest BCUT2D eigenvalue weighted by atomic mass is 9.79. The van der Waals surface area contributed by atoms with E-state index in [1.54, 1.807) is 0 Å². The second kappa shape index (κ2) is 4.64. The van der Waals surface area contributed by atoms with Crippen LogP contribution in [0.1, 0.15) is 32.1 Å². The van der Waals surface area contributed by atoms with E-state index in [0.29, 0.717) is 25.1 Å². The van der Waals surface area contributed by atoms with Gasteiger partial charge in [0.05, 0.1) is 0 Å². The van der Waals surface area contributed by atoms with Gasteiger partial charge in [0.2, 0.25) is 0 Å². The first-order valence-electron chi connectivity index (χ1n) is 5.55. The Balaban J connectivity index is 1.96. The Labute approximate surface area is 84.9 Å². The number of hydrogen-bond donors (Lipinski definition) is 2. The van der Waals surface area contributed by atoms with E-state index < -0.39 is 0 Å². The maximum atomic E-state index is 5.81. The molecule has 0 spiro atoms. The zero-order valence-electron chi connectivity index (χ0n) is 8.54. The summed E-state index contributed by atoms with van der Waals surface area (Å²) in [7, 11) is 0. The van der Waals surface area contributed by atoms with Crippen molar-refractivity contribution in [2.75, 3.05) is 13.3 Å². The van der Waals surface area contributed by atoms with Crippen LogP contribution in [0.4, 0.5) is 0 Å². The summed E-state index contributed by atoms with van der Waals surface area (Å²) in [6.45, 7) is 1.19. The van der Waals surface area contributed by atoms with Crippen molar-refractivity contribution in [2.24, 2.45) is 22.7 Å². The highest BCUT2D eigenvalue weighted by Crippen LogP contribution is 2.30. The smallest absolute Gasteiger partial charge is 0.188 e. The van der Waals surface area contributed by atoms with Gasteiger partial charge in [0.1, 0.15) is 5.84 Å². The summed E-state index contributed by atoms with van der Waals surface area (Å²) >= 11 is 0. The van der Waals surface area contributed by atoms with Crippen molar-refractivity contribution in [1.29, 1.82) is 0 Å². The first-order chi connectivity index (χ1) is 6.92. The first-order valence-corrected chi connectivity index (χ1v) is 5.55. The standard InChI is InChI=1S/C10H19N3O/c11-6-9(10-12-7-14-13-10)8-4-2-1-3-5-8/h8-9H,1-7,11H2,(H,12,13). The maximum absolute atomic E-state index is 5.81. The van der Waals surface area contributed by atoms with Crippen LogP contribution in [0.2, 0.25) is 0 Å². The molecule has 1 aliphatic heterocycles. The van der Waals surface area contributed by atoms with Gasteiger partial charge in [-0.1, -0.05) is 24.4 Å². The number of rotatable bonds is 3. The number of nitrogens with zero attached hydrogens (tertiary/aromatic N) is 1. The Hall–Kier alpha value is -0.770. The highest BCUT2D eigenvalue weighted by atomic mass is 16.6. The van der Waals surface area contributed by atoms with E-state index in [2.05, 4.69) is 10.5 Å². The van der Waals surface area contributed by atoms with Gasteiger partial charge in [-0.3, -0.25) is 0 Å². The van der Waals surface area contributed by atoms with Gasteiger partial charge in [0.15, 0.2) is 6.73 Å². The molecule has 4 nitrogen and oxygen atoms in total. The molecule has 0 amide bonds. The van der Waals surface area contributed by atoms with Crippen molar-refractivity contribution in [3.8, 4) is 0 Å². The van der Waals surface area contributed by atoms with Crippen LogP contribution in [0.25, 0.3) is 0 Å². The third-order valence-electron chi connectivity index (χ3n) is 3.30. The van der Waals surface area contributed by atoms with Crippen LogP contribution in [-0.4, -0.2) is 19.1 Å². The normalized spacial score (nSPS) is 25.1. The van der Waals surface area contributed by atoms with Crippen LogP contribution < -0.4 is 11.1 Å². The maximum Gasteiger partial charge on any atom is 0.188 e. The molecule has 1 saturated carbocycles. The van der Waals surface area contributed by atoms with E-state index in [1.165, 1.54) is 32.1 Å². The molecule has 1 atom stereocenters. The molecule has 0 saturated heterocycles. The highest BCUT2D eigenvalue weighted by Gasteiger charge is 2.28. The summed E-state index contributed by atoms with van der Waals surface area (Å²) in [6, 6.07) is 0. The van der Waals surface area contributed by atoms with Crippen LogP contribution in [0.5, 0.6) is 0 Å². The average molecular weight is 197 g/mol. The van der Waals surface area contributed by atoms with Gasteiger partial charge < -0.3 is 15.9 Å². The summed E-state index contributed by atoms with van der Waals surface area (Å²) in [5.74, 6) is 2.07. The van der Waals surface area contributed by atoms with Crippen molar-refractivity contribution in [1.82, 2.24) is 5.32 Å². The van der Waals surface area contributed by atoms with Crippen molar-refractivity contribution >= 4 is 5.84 Å². The van der Waals surface area contributed by atoms with Gasteiger partial charge >= 0.3 is 0 Å². The van der Waals surface area contributed by atoms with E-state index in [4.69, 9.17) is 10.6 Å². The average Bonchev–Trinajstić information content (AvgIpc) is 2.74. The molecule has 0 bridgehead atoms. The van der Waals surface area contributed by atoms with Gasteiger partial charge in [-0.2, -0.15) is 0 Å². The molecule has 0 aromatic heterocycles. The van der Waals surface area contributed by atoms with Crippen LogP contribution in [0.3, 0.4) is 0 Å². The molecule has 2 rings (SSSR count). The molecular formula is C10H19N3O. The van der Waals surface area contributed by atoms with E-state index in [-0.39, 0.29) is 0 Å². The Morgan fingerprint density at radius 2 is 2.21 bits per heavy atom. The largest absolute Gasteiger partial charge is 0.372 e. The van der Waals surface area contributed by atoms with E-state index >= 15 is 0 Å². The summed E-state index contributed by atoms with van der Waals surface area (Å²) in [6.07, 6.45) is 6.65. The van der Waals surface area contributed by atoms with Crippen molar-refractivity contribution < 1.29 is 4.84 Å². The number of nitrogens with two attached hydrogens (primary N) is 1. The minimum absolute atomic E-state index is 0.387. The lowest BCUT2D eigenvalue weighted by molar-refractivity contribution is 0.164. The minimum Gasteiger partial charge on any atom is -0.372 e. The number of nitrogens with one attached hydrogen (secondary N) is 1. The van der Waals surface area contributed by atoms with Gasteiger partial charge in [0.25, 0.3) is 0 Å². The molecule has 80 valence electrons. The first kappa shape index (κ1) is 9.77. The molecule has 3 N–H and O–H groups in total. The second-order valence-electron chi connectivity index (χ2n) is 4.17. The van der Waals surface area contributed by atoms with E-state index in [1.807, 2.05) is 0 Å². The molecule has 4 heteroatoms. The molecule has 1 aliphatic carbocycles. The van der Waals surface area contributed by atoms with Crippen molar-refractivity contribution in [2.45, 2.75) is 32.1 Å². The lowest BCUT2D eigenvalue weighted by Crippen LogP contribution is -2.38. The molecule has 0 aromatic rings. The monoisotopic (exact) mass is 197 g/mol. The topological polar surface area (TPSA) is 59.6 Å². The Morgan fingerprint density at radius 1 is 1.43 bits per heavy atom. The van der Waals surface area contributed by atoms with Crippen LogP contribution >= 0.6 is 0 Å². The van der Waals surface area contributed by atoms with Gasteiger partial charge in [0, 0.05) is 12.5 Å². The SMILES string of the molecule is NCC(C1=NOCN1)C1CCCCC1. The Bertz CT molecular complexity index is 211. The fourth-order valence-corrected chi connectivity index (χ4v) is 2.50. The number of hydrogen-bond acceptors (Lipinski definition) is 4. The molecule has 1 fully saturated rings. The summed E-state index contributed by atoms with van der Waals surface area (Å²) in [5.41, 5.74) is 5.81. The number of amidine groups is 1. The molecule has 0 aromatic carbocycles. The zero-order chi connectivity index (χ0) is 9.80. The molecule has 14 heavy (non-hydrogen) atoms. The van der Waals surface area contributed by atoms with E-state index in [0.717, 1.165) is 5.84 Å². The predicted molar refractivity (Wildman–Crippen MR) is 55.6 cm³/mol. The molecular weight excluding hydrogens is 178 g/mol. The summed E-state index contributed by atoms with van der Waals surface area (Å²) in [4.78, 5) is 4.95. The molecule has 0 radical (unpaired) electrons. The van der Waals surface area contributed by atoms with Crippen LogP contribution in [0, 0.1) is 11.8 Å². The third-order valence-corrected chi connectivity index (χ3v) is 3.30. The predicted octanol–water partition coefficient (Wildman–Crippen LogP) is 1.03. The number of oxime groups is 1. The molecule has 1 heterocycles. The molecule has 1 unspecified atom stereocenters. The fraction of sp³-hybridized carbons (Fsp3) is 0.900. The minimum atomic E-state index is 0.387. The highest BCUT2D eigenvalue weighted by molar-refractivity contribution is 5.85. The van der Waals surface area contributed by atoms with Crippen molar-refractivity contribution in [3.63, 3.8) is 0 Å². The second-order valence-corrected chi connectivity index (χ2v) is 4.17. The molecule has 2 aliphatic rings. The van der Waals surface area contributed by atoms with Crippen LogP contribution in [0.15, 0.2) is 5.16 Å². The van der Waals surface area contributed by atoms with Gasteiger partial charge in [-0.15, -0.1) is 0 Å². The quantitative estimate of drug-likeness (QED) is 0.710. The fourth-order valence-electron chi connectivity index (χ4n) is 2.50. The van der Waals surface area contributed by atoms with Gasteiger partial charge in [-0.25, -0.2) is 0 Å².